The predicted molar refractivity (Wildman–Crippen MR) is 71.2 cm³/mol. The van der Waals surface area contributed by atoms with Crippen LogP contribution in [-0.4, -0.2) is 27.1 Å². The Kier molecular flexibility index (Phi) is 3.69. The van der Waals surface area contributed by atoms with E-state index >= 15 is 0 Å². The molecule has 3 N–H and O–H groups in total. The van der Waals surface area contributed by atoms with E-state index in [1.54, 1.807) is 12.2 Å². The summed E-state index contributed by atoms with van der Waals surface area (Å²) in [6, 6.07) is 1.28. The van der Waals surface area contributed by atoms with E-state index in [-0.39, 0.29) is 17.5 Å². The summed E-state index contributed by atoms with van der Waals surface area (Å²) in [5, 5.41) is 12.0. The first-order valence-electron chi connectivity index (χ1n) is 6.24. The van der Waals surface area contributed by atoms with E-state index in [9.17, 15) is 9.59 Å². The van der Waals surface area contributed by atoms with Crippen LogP contribution in [0.5, 0.6) is 0 Å². The summed E-state index contributed by atoms with van der Waals surface area (Å²) >= 11 is 0. The molecule has 1 aromatic heterocycles. The summed E-state index contributed by atoms with van der Waals surface area (Å²) in [4.78, 5) is 29.4. The van der Waals surface area contributed by atoms with Gasteiger partial charge in [0, 0.05) is 18.0 Å². The smallest absolute Gasteiger partial charge is 0.310 e. The highest BCUT2D eigenvalue weighted by Crippen LogP contribution is 2.21. The minimum Gasteiger partial charge on any atom is -0.481 e. The highest BCUT2D eigenvalue weighted by Gasteiger charge is 2.24. The predicted octanol–water partition coefficient (Wildman–Crippen LogP) is 1.33. The number of hydrogen-bond donors (Lipinski definition) is 3. The standard InChI is InChI=1S/C13H17N3O3/c1-7(2)12-15-10(6-11(17)16-12)14-9-4-3-8(5-9)13(18)19/h3-4,6-9H,5H2,1-2H3,(H,18,19)(H2,14,15,16,17). The third kappa shape index (κ3) is 3.21. The van der Waals surface area contributed by atoms with Crippen molar-refractivity contribution >= 4 is 11.8 Å². The lowest BCUT2D eigenvalue weighted by molar-refractivity contribution is -0.140. The molecule has 1 aliphatic carbocycles. The molecule has 1 heterocycles. The van der Waals surface area contributed by atoms with E-state index in [1.807, 2.05) is 13.8 Å². The van der Waals surface area contributed by atoms with Gasteiger partial charge in [-0.15, -0.1) is 0 Å². The molecule has 0 aromatic carbocycles. The highest BCUT2D eigenvalue weighted by molar-refractivity contribution is 5.73. The van der Waals surface area contributed by atoms with Gasteiger partial charge in [-0.05, 0) is 6.42 Å². The second-order valence-corrected chi connectivity index (χ2v) is 4.99. The molecule has 0 radical (unpaired) electrons. The lowest BCUT2D eigenvalue weighted by atomic mass is 10.1. The Hall–Kier alpha value is -2.11. The summed E-state index contributed by atoms with van der Waals surface area (Å²) in [5.74, 6) is -0.0772. The number of H-pyrrole nitrogens is 1. The Labute approximate surface area is 110 Å². The molecule has 0 saturated heterocycles. The van der Waals surface area contributed by atoms with Crippen LogP contribution in [0.3, 0.4) is 0 Å². The van der Waals surface area contributed by atoms with Gasteiger partial charge in [0.05, 0.1) is 5.92 Å². The van der Waals surface area contributed by atoms with Crippen molar-refractivity contribution in [1.82, 2.24) is 9.97 Å². The number of nitrogens with one attached hydrogen (secondary N) is 2. The van der Waals surface area contributed by atoms with Crippen molar-refractivity contribution in [1.29, 1.82) is 0 Å². The first kappa shape index (κ1) is 13.3. The van der Waals surface area contributed by atoms with Gasteiger partial charge in [-0.1, -0.05) is 26.0 Å². The number of hydrogen-bond acceptors (Lipinski definition) is 4. The minimum atomic E-state index is -0.831. The van der Waals surface area contributed by atoms with Crippen LogP contribution >= 0.6 is 0 Å². The normalized spacial score (nSPS) is 21.8. The van der Waals surface area contributed by atoms with Gasteiger partial charge in [-0.3, -0.25) is 9.59 Å². The summed E-state index contributed by atoms with van der Waals surface area (Å²) in [6.07, 6.45) is 3.94. The van der Waals surface area contributed by atoms with Crippen molar-refractivity contribution in [2.45, 2.75) is 32.2 Å². The van der Waals surface area contributed by atoms with Crippen molar-refractivity contribution in [3.63, 3.8) is 0 Å². The van der Waals surface area contributed by atoms with Crippen LogP contribution in [0.15, 0.2) is 23.0 Å². The Morgan fingerprint density at radius 1 is 1.53 bits per heavy atom. The molecule has 6 nitrogen and oxygen atoms in total. The molecule has 0 amide bonds. The maximum Gasteiger partial charge on any atom is 0.310 e. The van der Waals surface area contributed by atoms with Crippen molar-refractivity contribution in [2.75, 3.05) is 5.32 Å². The molecule has 102 valence electrons. The molecule has 0 aliphatic heterocycles. The monoisotopic (exact) mass is 263 g/mol. The van der Waals surface area contributed by atoms with E-state index in [0.29, 0.717) is 18.1 Å². The van der Waals surface area contributed by atoms with Gasteiger partial charge < -0.3 is 15.4 Å². The van der Waals surface area contributed by atoms with Crippen LogP contribution < -0.4 is 10.9 Å². The fourth-order valence-corrected chi connectivity index (χ4v) is 2.00. The Morgan fingerprint density at radius 2 is 2.26 bits per heavy atom. The molecule has 0 fully saturated rings. The molecule has 2 atom stereocenters. The van der Waals surface area contributed by atoms with Crippen LogP contribution in [0.4, 0.5) is 5.82 Å². The molecular formula is C13H17N3O3. The topological polar surface area (TPSA) is 95.1 Å². The molecule has 19 heavy (non-hydrogen) atoms. The maximum absolute atomic E-state index is 11.5. The van der Waals surface area contributed by atoms with Crippen LogP contribution in [-0.2, 0) is 4.79 Å². The van der Waals surface area contributed by atoms with Gasteiger partial charge in [0.15, 0.2) is 0 Å². The number of aliphatic carboxylic acids is 1. The van der Waals surface area contributed by atoms with Gasteiger partial charge in [-0.25, -0.2) is 4.98 Å². The fraction of sp³-hybridized carbons (Fsp3) is 0.462. The number of nitrogens with zero attached hydrogens (tertiary/aromatic N) is 1. The van der Waals surface area contributed by atoms with E-state index in [2.05, 4.69) is 15.3 Å². The molecule has 2 rings (SSSR count). The van der Waals surface area contributed by atoms with Crippen LogP contribution in [0.1, 0.15) is 32.0 Å². The van der Waals surface area contributed by atoms with Crippen LogP contribution in [0.25, 0.3) is 0 Å². The summed E-state index contributed by atoms with van der Waals surface area (Å²) in [7, 11) is 0. The molecule has 1 aliphatic rings. The second kappa shape index (κ2) is 5.26. The fourth-order valence-electron chi connectivity index (χ4n) is 2.00. The van der Waals surface area contributed by atoms with Crippen molar-refractivity contribution in [2.24, 2.45) is 5.92 Å². The molecule has 0 bridgehead atoms. The molecule has 0 spiro atoms. The molecule has 6 heteroatoms. The molecule has 1 aromatic rings. The third-order valence-electron chi connectivity index (χ3n) is 3.04. The number of anilines is 1. The Morgan fingerprint density at radius 3 is 2.84 bits per heavy atom. The SMILES string of the molecule is CC(C)c1nc(NC2C=CC(C(=O)O)C2)cc(=O)[nH]1. The van der Waals surface area contributed by atoms with Crippen molar-refractivity contribution < 1.29 is 9.90 Å². The number of rotatable bonds is 4. The van der Waals surface area contributed by atoms with Crippen LogP contribution in [0, 0.1) is 5.92 Å². The van der Waals surface area contributed by atoms with Gasteiger partial charge in [0.2, 0.25) is 0 Å². The van der Waals surface area contributed by atoms with Gasteiger partial charge in [0.25, 0.3) is 5.56 Å². The Balaban J connectivity index is 2.10. The average Bonchev–Trinajstić information content (AvgIpc) is 2.76. The van der Waals surface area contributed by atoms with E-state index in [0.717, 1.165) is 0 Å². The molecular weight excluding hydrogens is 246 g/mol. The van der Waals surface area contributed by atoms with Crippen molar-refractivity contribution in [3.8, 4) is 0 Å². The van der Waals surface area contributed by atoms with E-state index in [1.165, 1.54) is 6.07 Å². The zero-order chi connectivity index (χ0) is 14.0. The maximum atomic E-state index is 11.5. The quantitative estimate of drug-likeness (QED) is 0.712. The number of aromatic amines is 1. The molecule has 2 unspecified atom stereocenters. The first-order chi connectivity index (χ1) is 8.95. The van der Waals surface area contributed by atoms with Crippen molar-refractivity contribution in [3.05, 3.63) is 34.4 Å². The van der Waals surface area contributed by atoms with Gasteiger partial charge >= 0.3 is 5.97 Å². The first-order valence-corrected chi connectivity index (χ1v) is 6.24. The number of aromatic nitrogens is 2. The number of carbonyl (C=O) groups is 1. The molecule has 0 saturated carbocycles. The number of carboxylic acids is 1. The van der Waals surface area contributed by atoms with E-state index < -0.39 is 11.9 Å². The summed E-state index contributed by atoms with van der Waals surface area (Å²) in [6.45, 7) is 3.88. The van der Waals surface area contributed by atoms with Gasteiger partial charge in [0.1, 0.15) is 11.6 Å². The summed E-state index contributed by atoms with van der Waals surface area (Å²) in [5.41, 5.74) is -0.210. The Bertz CT molecular complexity index is 562. The van der Waals surface area contributed by atoms with Gasteiger partial charge in [-0.2, -0.15) is 0 Å². The zero-order valence-corrected chi connectivity index (χ0v) is 10.9. The number of carboxylic acid groups (broad SMARTS) is 1. The summed E-state index contributed by atoms with van der Waals surface area (Å²) < 4.78 is 0. The third-order valence-corrected chi connectivity index (χ3v) is 3.04. The lowest BCUT2D eigenvalue weighted by Crippen LogP contribution is -2.22. The largest absolute Gasteiger partial charge is 0.481 e. The van der Waals surface area contributed by atoms with Crippen LogP contribution in [0.2, 0.25) is 0 Å². The lowest BCUT2D eigenvalue weighted by Gasteiger charge is -2.14. The zero-order valence-electron chi connectivity index (χ0n) is 10.9. The minimum absolute atomic E-state index is 0.101. The van der Waals surface area contributed by atoms with E-state index in [4.69, 9.17) is 5.11 Å². The highest BCUT2D eigenvalue weighted by atomic mass is 16.4. The average molecular weight is 263 g/mol. The second-order valence-electron chi connectivity index (χ2n) is 4.99.